The molecular weight excluding hydrogens is 398 g/mol. The van der Waals surface area contributed by atoms with Crippen molar-refractivity contribution in [3.8, 4) is 17.2 Å². The van der Waals surface area contributed by atoms with E-state index in [1.165, 1.54) is 6.26 Å². The van der Waals surface area contributed by atoms with E-state index in [4.69, 9.17) is 5.26 Å². The molecule has 7 heteroatoms. The van der Waals surface area contributed by atoms with Crippen molar-refractivity contribution in [2.24, 2.45) is 7.05 Å². The topological polar surface area (TPSA) is 92.0 Å². The Bertz CT molecular complexity index is 1220. The molecule has 0 aliphatic heterocycles. The monoisotopic (exact) mass is 423 g/mol. The van der Waals surface area contributed by atoms with Crippen molar-refractivity contribution in [1.82, 2.24) is 9.88 Å². The Morgan fingerprint density at radius 1 is 1.17 bits per heavy atom. The molecule has 6 nitrogen and oxygen atoms in total. The van der Waals surface area contributed by atoms with Gasteiger partial charge in [0, 0.05) is 30.4 Å². The molecular formula is C23H25N3O3S. The molecule has 1 N–H and O–H groups in total. The standard InChI is InChI=1S/C23H25N3O3S/c1-16(30(3,28)29)13-21(23(27)25-11-10-24)19-6-4-5-17(14-19)18-7-8-22-20(15-18)9-12-26(22)2/h4-9,12,14-16,21H,11,13H2,1-3H3,(H,25,27). The number of sulfone groups is 1. The maximum absolute atomic E-state index is 12.7. The zero-order chi connectivity index (χ0) is 21.9. The normalized spacial score (nSPS) is 13.5. The Balaban J connectivity index is 1.98. The highest BCUT2D eigenvalue weighted by Gasteiger charge is 2.27. The molecule has 0 saturated carbocycles. The van der Waals surface area contributed by atoms with Crippen LogP contribution in [0.1, 0.15) is 24.8 Å². The Hall–Kier alpha value is -3.11. The van der Waals surface area contributed by atoms with Crippen molar-refractivity contribution in [3.05, 3.63) is 60.3 Å². The second kappa shape index (κ2) is 8.72. The van der Waals surface area contributed by atoms with Crippen LogP contribution in [0.3, 0.4) is 0 Å². The van der Waals surface area contributed by atoms with E-state index in [2.05, 4.69) is 28.1 Å². The number of nitrogens with zero attached hydrogens (tertiary/aromatic N) is 2. The van der Waals surface area contributed by atoms with E-state index >= 15 is 0 Å². The van der Waals surface area contributed by atoms with E-state index in [1.54, 1.807) is 6.92 Å². The van der Waals surface area contributed by atoms with E-state index in [0.29, 0.717) is 0 Å². The SMILES string of the molecule is CC(CC(C(=O)NCC#N)c1cccc(-c2ccc3c(ccn3C)c2)c1)S(C)(=O)=O. The van der Waals surface area contributed by atoms with Gasteiger partial charge in [-0.15, -0.1) is 0 Å². The highest BCUT2D eigenvalue weighted by molar-refractivity contribution is 7.91. The first-order valence-electron chi connectivity index (χ1n) is 9.69. The molecule has 1 aromatic heterocycles. The summed E-state index contributed by atoms with van der Waals surface area (Å²) < 4.78 is 26.0. The minimum Gasteiger partial charge on any atom is -0.351 e. The molecule has 2 aromatic carbocycles. The number of nitriles is 1. The van der Waals surface area contributed by atoms with Gasteiger partial charge in [-0.05, 0) is 48.2 Å². The molecule has 0 bridgehead atoms. The van der Waals surface area contributed by atoms with Crippen molar-refractivity contribution in [1.29, 1.82) is 5.26 Å². The Kier molecular flexibility index (Phi) is 6.28. The summed E-state index contributed by atoms with van der Waals surface area (Å²) in [6.45, 7) is 1.49. The summed E-state index contributed by atoms with van der Waals surface area (Å²) in [5.74, 6) is -1.01. The van der Waals surface area contributed by atoms with Gasteiger partial charge in [0.2, 0.25) is 5.91 Å². The summed E-state index contributed by atoms with van der Waals surface area (Å²) in [7, 11) is -1.30. The van der Waals surface area contributed by atoms with Gasteiger partial charge >= 0.3 is 0 Å². The van der Waals surface area contributed by atoms with Gasteiger partial charge in [-0.2, -0.15) is 5.26 Å². The fourth-order valence-corrected chi connectivity index (χ4v) is 4.09. The number of carbonyl (C=O) groups is 1. The maximum Gasteiger partial charge on any atom is 0.228 e. The minimum atomic E-state index is -3.29. The van der Waals surface area contributed by atoms with Crippen LogP contribution in [-0.2, 0) is 21.7 Å². The van der Waals surface area contributed by atoms with Gasteiger partial charge in [-0.3, -0.25) is 4.79 Å². The second-order valence-corrected chi connectivity index (χ2v) is 10.1. The predicted octanol–water partition coefficient (Wildman–Crippen LogP) is 3.39. The first kappa shape index (κ1) is 21.6. The zero-order valence-corrected chi connectivity index (χ0v) is 18.1. The summed E-state index contributed by atoms with van der Waals surface area (Å²) in [5.41, 5.74) is 3.82. The summed E-state index contributed by atoms with van der Waals surface area (Å²) in [5, 5.41) is 11.8. The molecule has 0 saturated heterocycles. The van der Waals surface area contributed by atoms with Crippen LogP contribution in [0.5, 0.6) is 0 Å². The Morgan fingerprint density at radius 3 is 2.60 bits per heavy atom. The van der Waals surface area contributed by atoms with Crippen molar-refractivity contribution < 1.29 is 13.2 Å². The van der Waals surface area contributed by atoms with Crippen molar-refractivity contribution in [2.45, 2.75) is 24.5 Å². The van der Waals surface area contributed by atoms with Crippen molar-refractivity contribution in [3.63, 3.8) is 0 Å². The largest absolute Gasteiger partial charge is 0.351 e. The molecule has 0 aliphatic carbocycles. The summed E-state index contributed by atoms with van der Waals surface area (Å²) in [4.78, 5) is 12.7. The Morgan fingerprint density at radius 2 is 1.90 bits per heavy atom. The van der Waals surface area contributed by atoms with Gasteiger partial charge < -0.3 is 9.88 Å². The molecule has 156 valence electrons. The van der Waals surface area contributed by atoms with Gasteiger partial charge in [0.25, 0.3) is 0 Å². The minimum absolute atomic E-state index is 0.118. The van der Waals surface area contributed by atoms with Gasteiger partial charge in [0.15, 0.2) is 0 Å². The molecule has 1 heterocycles. The number of hydrogen-bond acceptors (Lipinski definition) is 4. The second-order valence-electron chi connectivity index (χ2n) is 7.63. The average Bonchev–Trinajstić information content (AvgIpc) is 3.09. The Labute approximate surface area is 177 Å². The van der Waals surface area contributed by atoms with Crippen LogP contribution in [0, 0.1) is 11.3 Å². The average molecular weight is 424 g/mol. The lowest BCUT2D eigenvalue weighted by Gasteiger charge is -2.20. The van der Waals surface area contributed by atoms with Crippen LogP contribution in [-0.4, -0.2) is 36.9 Å². The molecule has 0 fully saturated rings. The van der Waals surface area contributed by atoms with Crippen LogP contribution in [0.2, 0.25) is 0 Å². The smallest absolute Gasteiger partial charge is 0.228 e. The molecule has 30 heavy (non-hydrogen) atoms. The number of nitrogens with one attached hydrogen (secondary N) is 1. The highest BCUT2D eigenvalue weighted by Crippen LogP contribution is 2.30. The molecule has 2 atom stereocenters. The van der Waals surface area contributed by atoms with Crippen LogP contribution in [0.25, 0.3) is 22.0 Å². The first-order chi connectivity index (χ1) is 14.2. The molecule has 3 aromatic rings. The number of carbonyl (C=O) groups excluding carboxylic acids is 1. The summed E-state index contributed by atoms with van der Waals surface area (Å²) >= 11 is 0. The van der Waals surface area contributed by atoms with Crippen LogP contribution >= 0.6 is 0 Å². The predicted molar refractivity (Wildman–Crippen MR) is 119 cm³/mol. The number of aryl methyl sites for hydroxylation is 1. The van der Waals surface area contributed by atoms with Gasteiger partial charge in [-0.25, -0.2) is 8.42 Å². The molecule has 1 amide bonds. The van der Waals surface area contributed by atoms with Gasteiger partial charge in [0.1, 0.15) is 16.4 Å². The number of hydrogen-bond donors (Lipinski definition) is 1. The molecule has 3 rings (SSSR count). The third kappa shape index (κ3) is 4.71. The van der Waals surface area contributed by atoms with Crippen molar-refractivity contribution >= 4 is 26.6 Å². The van der Waals surface area contributed by atoms with E-state index < -0.39 is 21.0 Å². The van der Waals surface area contributed by atoms with E-state index in [9.17, 15) is 13.2 Å². The highest BCUT2D eigenvalue weighted by atomic mass is 32.2. The molecule has 0 aliphatic rings. The summed E-state index contributed by atoms with van der Waals surface area (Å²) in [6, 6.07) is 17.7. The number of rotatable bonds is 7. The third-order valence-corrected chi connectivity index (χ3v) is 7.12. The maximum atomic E-state index is 12.7. The van der Waals surface area contributed by atoms with Gasteiger partial charge in [-0.1, -0.05) is 30.3 Å². The zero-order valence-electron chi connectivity index (χ0n) is 17.3. The first-order valence-corrected chi connectivity index (χ1v) is 11.6. The van der Waals surface area contributed by atoms with Gasteiger partial charge in [0.05, 0.1) is 17.2 Å². The lowest BCUT2D eigenvalue weighted by molar-refractivity contribution is -0.122. The lowest BCUT2D eigenvalue weighted by atomic mass is 9.90. The number of amides is 1. The van der Waals surface area contributed by atoms with E-state index in [-0.39, 0.29) is 18.9 Å². The fourth-order valence-electron chi connectivity index (χ4n) is 3.55. The number of benzene rings is 2. The van der Waals surface area contributed by atoms with E-state index in [0.717, 1.165) is 27.6 Å². The third-order valence-electron chi connectivity index (χ3n) is 5.46. The van der Waals surface area contributed by atoms with Crippen LogP contribution in [0.15, 0.2) is 54.7 Å². The molecule has 2 unspecified atom stereocenters. The summed E-state index contributed by atoms with van der Waals surface area (Å²) in [6.07, 6.45) is 3.33. The molecule has 0 spiro atoms. The fraction of sp³-hybridized carbons (Fsp3) is 0.304. The number of fused-ring (bicyclic) bond motifs is 1. The lowest BCUT2D eigenvalue weighted by Crippen LogP contribution is -2.32. The molecule has 0 radical (unpaired) electrons. The quantitative estimate of drug-likeness (QED) is 0.590. The number of aromatic nitrogens is 1. The van der Waals surface area contributed by atoms with Crippen LogP contribution < -0.4 is 5.32 Å². The van der Waals surface area contributed by atoms with E-state index in [1.807, 2.05) is 49.6 Å². The van der Waals surface area contributed by atoms with Crippen molar-refractivity contribution in [2.75, 3.05) is 12.8 Å². The van der Waals surface area contributed by atoms with Crippen LogP contribution in [0.4, 0.5) is 0 Å².